The fourth-order valence-corrected chi connectivity index (χ4v) is 7.92. The van der Waals surface area contributed by atoms with Crippen LogP contribution in [-0.4, -0.2) is 4.57 Å². The topological polar surface area (TPSA) is 8.17 Å². The Morgan fingerprint density at radius 2 is 0.904 bits per heavy atom. The lowest BCUT2D eigenvalue weighted by molar-refractivity contribution is 1.17. The number of hydrogen-bond donors (Lipinski definition) is 0. The van der Waals surface area contributed by atoms with Gasteiger partial charge in [0.05, 0.1) is 11.0 Å². The summed E-state index contributed by atoms with van der Waals surface area (Å²) in [5, 5.41) is 7.53. The molecule has 0 spiro atoms. The second-order valence-corrected chi connectivity index (χ2v) is 13.4. The van der Waals surface area contributed by atoms with Crippen molar-refractivity contribution in [3.63, 3.8) is 0 Å². The van der Waals surface area contributed by atoms with Crippen LogP contribution in [0.4, 0.5) is 17.1 Å². The summed E-state index contributed by atoms with van der Waals surface area (Å²) in [6, 6.07) is 74.6. The van der Waals surface area contributed by atoms with E-state index in [4.69, 9.17) is 0 Å². The van der Waals surface area contributed by atoms with E-state index >= 15 is 0 Å². The van der Waals surface area contributed by atoms with E-state index in [1.165, 1.54) is 65.6 Å². The van der Waals surface area contributed by atoms with Gasteiger partial charge in [0.1, 0.15) is 0 Å². The van der Waals surface area contributed by atoms with Crippen LogP contribution in [0.3, 0.4) is 0 Å². The van der Waals surface area contributed by atoms with Gasteiger partial charge in [0.2, 0.25) is 0 Å². The van der Waals surface area contributed by atoms with E-state index in [-0.39, 0.29) is 0 Å². The van der Waals surface area contributed by atoms with Gasteiger partial charge in [-0.3, -0.25) is 0 Å². The van der Waals surface area contributed by atoms with Gasteiger partial charge in [0, 0.05) is 33.5 Å². The molecule has 0 saturated carbocycles. The normalized spacial score (nSPS) is 11.5. The number of nitrogens with zero attached hydrogens (tertiary/aromatic N) is 2. The van der Waals surface area contributed by atoms with E-state index in [9.17, 15) is 0 Å². The van der Waals surface area contributed by atoms with Crippen LogP contribution in [0.5, 0.6) is 0 Å². The summed E-state index contributed by atoms with van der Waals surface area (Å²) in [6.45, 7) is 0. The Balaban J connectivity index is 1.13. The summed E-state index contributed by atoms with van der Waals surface area (Å²) < 4.78 is 2.42. The molecule has 10 rings (SSSR count). The van der Waals surface area contributed by atoms with Crippen LogP contribution in [0.1, 0.15) is 0 Å². The Kier molecular flexibility index (Phi) is 7.18. The minimum Gasteiger partial charge on any atom is -0.310 e. The Bertz CT molecular complexity index is 2870. The molecule has 1 aromatic heterocycles. The molecule has 2 heteroatoms. The average Bonchev–Trinajstić information content (AvgIpc) is 3.56. The highest BCUT2D eigenvalue weighted by Gasteiger charge is 2.18. The molecular formula is C50H34N2. The summed E-state index contributed by atoms with van der Waals surface area (Å²) in [5.74, 6) is 0. The predicted octanol–water partition coefficient (Wildman–Crippen LogP) is 13.9. The molecule has 0 aliphatic rings. The number of aromatic nitrogens is 1. The zero-order chi connectivity index (χ0) is 34.4. The molecule has 0 unspecified atom stereocenters. The predicted molar refractivity (Wildman–Crippen MR) is 221 cm³/mol. The maximum Gasteiger partial charge on any atom is 0.0547 e. The number of anilines is 3. The van der Waals surface area contributed by atoms with Crippen molar-refractivity contribution in [1.29, 1.82) is 0 Å². The average molecular weight is 663 g/mol. The van der Waals surface area contributed by atoms with Crippen molar-refractivity contribution in [3.8, 4) is 27.9 Å². The van der Waals surface area contributed by atoms with Crippen molar-refractivity contribution in [1.82, 2.24) is 4.57 Å². The third-order valence-electron chi connectivity index (χ3n) is 10.4. The van der Waals surface area contributed by atoms with Crippen molar-refractivity contribution < 1.29 is 0 Å². The second-order valence-electron chi connectivity index (χ2n) is 13.4. The molecule has 9 aromatic carbocycles. The van der Waals surface area contributed by atoms with E-state index in [2.05, 4.69) is 216 Å². The van der Waals surface area contributed by atoms with Crippen molar-refractivity contribution in [3.05, 3.63) is 206 Å². The van der Waals surface area contributed by atoms with Gasteiger partial charge in [0.15, 0.2) is 0 Å². The van der Waals surface area contributed by atoms with Crippen LogP contribution < -0.4 is 4.90 Å². The molecule has 0 radical (unpaired) electrons. The third kappa shape index (κ3) is 5.04. The number of hydrogen-bond acceptors (Lipinski definition) is 1. The highest BCUT2D eigenvalue weighted by Crippen LogP contribution is 2.42. The van der Waals surface area contributed by atoms with E-state index in [1.54, 1.807) is 0 Å². The lowest BCUT2D eigenvalue weighted by Gasteiger charge is -2.26. The Hall–Kier alpha value is -6.90. The largest absolute Gasteiger partial charge is 0.310 e. The van der Waals surface area contributed by atoms with E-state index in [0.29, 0.717) is 0 Å². The van der Waals surface area contributed by atoms with Crippen molar-refractivity contribution >= 4 is 60.4 Å². The lowest BCUT2D eigenvalue weighted by atomic mass is 9.94. The molecule has 0 atom stereocenters. The van der Waals surface area contributed by atoms with Gasteiger partial charge >= 0.3 is 0 Å². The first kappa shape index (κ1) is 30.0. The van der Waals surface area contributed by atoms with Gasteiger partial charge < -0.3 is 9.47 Å². The van der Waals surface area contributed by atoms with Crippen molar-refractivity contribution in [2.75, 3.05) is 4.90 Å². The zero-order valence-electron chi connectivity index (χ0n) is 28.5. The molecule has 0 amide bonds. The summed E-state index contributed by atoms with van der Waals surface area (Å²) in [4.78, 5) is 2.36. The van der Waals surface area contributed by atoms with E-state index in [1.807, 2.05) is 0 Å². The van der Waals surface area contributed by atoms with Gasteiger partial charge in [-0.25, -0.2) is 0 Å². The van der Waals surface area contributed by atoms with Crippen molar-refractivity contribution in [2.45, 2.75) is 0 Å². The second kappa shape index (κ2) is 12.5. The number of rotatable bonds is 6. The van der Waals surface area contributed by atoms with Crippen LogP contribution in [0.25, 0.3) is 71.3 Å². The first-order chi connectivity index (χ1) is 25.8. The van der Waals surface area contributed by atoms with Gasteiger partial charge in [-0.15, -0.1) is 0 Å². The summed E-state index contributed by atoms with van der Waals surface area (Å²) in [5.41, 5.74) is 11.8. The fraction of sp³-hybridized carbons (Fsp3) is 0. The molecule has 0 saturated heterocycles. The fourth-order valence-electron chi connectivity index (χ4n) is 7.92. The molecule has 10 aromatic rings. The monoisotopic (exact) mass is 662 g/mol. The van der Waals surface area contributed by atoms with Crippen LogP contribution >= 0.6 is 0 Å². The zero-order valence-corrected chi connectivity index (χ0v) is 28.5. The number of fused-ring (bicyclic) bond motifs is 6. The SMILES string of the molecule is c1ccc(-c2ccc(N(c3ccc(-n4c5ccccc5c5c6c(-c7ccccc7)cccc6ccc54)cc3)c3ccc4ccccc4c3)cc2)cc1. The Morgan fingerprint density at radius 1 is 0.327 bits per heavy atom. The Morgan fingerprint density at radius 3 is 1.67 bits per heavy atom. The Labute approximate surface area is 303 Å². The summed E-state index contributed by atoms with van der Waals surface area (Å²) >= 11 is 0. The van der Waals surface area contributed by atoms with Crippen LogP contribution in [0.2, 0.25) is 0 Å². The maximum atomic E-state index is 2.42. The van der Waals surface area contributed by atoms with Crippen LogP contribution in [0, 0.1) is 0 Å². The minimum atomic E-state index is 1.10. The standard InChI is InChI=1S/C50H34N2/c1-3-12-35(13-4-1)37-22-26-41(27-23-37)51(44-28-24-36-14-7-8-17-40(36)34-44)42-29-31-43(32-30-42)52-47-21-10-9-19-46(47)50-48(52)33-25-39-18-11-20-45(49(39)50)38-15-5-2-6-16-38/h1-34H. The molecule has 0 aliphatic carbocycles. The summed E-state index contributed by atoms with van der Waals surface area (Å²) in [6.07, 6.45) is 0. The molecule has 1 heterocycles. The lowest BCUT2D eigenvalue weighted by Crippen LogP contribution is -2.10. The van der Waals surface area contributed by atoms with Crippen LogP contribution in [-0.2, 0) is 0 Å². The van der Waals surface area contributed by atoms with Gasteiger partial charge in [-0.2, -0.15) is 0 Å². The number of benzene rings is 9. The third-order valence-corrected chi connectivity index (χ3v) is 10.4. The highest BCUT2D eigenvalue weighted by atomic mass is 15.1. The molecular weight excluding hydrogens is 629 g/mol. The maximum absolute atomic E-state index is 2.42. The molecule has 0 bridgehead atoms. The molecule has 244 valence electrons. The summed E-state index contributed by atoms with van der Waals surface area (Å²) in [7, 11) is 0. The first-order valence-electron chi connectivity index (χ1n) is 17.9. The molecule has 52 heavy (non-hydrogen) atoms. The molecule has 2 nitrogen and oxygen atoms in total. The first-order valence-corrected chi connectivity index (χ1v) is 17.9. The van der Waals surface area contributed by atoms with Gasteiger partial charge in [0.25, 0.3) is 0 Å². The van der Waals surface area contributed by atoms with Gasteiger partial charge in [-0.05, 0) is 104 Å². The molecule has 0 fully saturated rings. The van der Waals surface area contributed by atoms with Crippen molar-refractivity contribution in [2.24, 2.45) is 0 Å². The van der Waals surface area contributed by atoms with E-state index in [0.717, 1.165) is 22.7 Å². The molecule has 0 aliphatic heterocycles. The minimum absolute atomic E-state index is 1.10. The quantitative estimate of drug-likeness (QED) is 0.172. The molecule has 0 N–H and O–H groups in total. The number of para-hydroxylation sites is 1. The smallest absolute Gasteiger partial charge is 0.0547 e. The van der Waals surface area contributed by atoms with E-state index < -0.39 is 0 Å². The highest BCUT2D eigenvalue weighted by molar-refractivity contribution is 6.24. The van der Waals surface area contributed by atoms with Gasteiger partial charge in [-0.1, -0.05) is 146 Å². The van der Waals surface area contributed by atoms with Crippen LogP contribution in [0.15, 0.2) is 206 Å².